The first-order valence-corrected chi connectivity index (χ1v) is 10.3. The van der Waals surface area contributed by atoms with Crippen molar-refractivity contribution in [3.63, 3.8) is 0 Å². The van der Waals surface area contributed by atoms with E-state index in [9.17, 15) is 10.0 Å². The van der Waals surface area contributed by atoms with E-state index in [1.807, 2.05) is 18.2 Å². The van der Waals surface area contributed by atoms with Crippen LogP contribution in [0.5, 0.6) is 11.5 Å². The second-order valence-electron chi connectivity index (χ2n) is 9.63. The van der Waals surface area contributed by atoms with Crippen LogP contribution in [0, 0.1) is 0 Å². The number of rotatable bonds is 8. The molecule has 0 fully saturated rings. The normalized spacial score (nSPS) is 12.1. The molecule has 0 aromatic heterocycles. The Hall–Kier alpha value is -2.06. The van der Waals surface area contributed by atoms with Crippen molar-refractivity contribution < 1.29 is 29.0 Å². The molecule has 7 heteroatoms. The zero-order chi connectivity index (χ0) is 23.4. The van der Waals surface area contributed by atoms with Crippen molar-refractivity contribution >= 4 is 12.6 Å². The van der Waals surface area contributed by atoms with Gasteiger partial charge in [0.15, 0.2) is 13.6 Å². The maximum atomic E-state index is 10.1. The minimum Gasteiger partial charge on any atom is -0.467 e. The molecule has 2 aromatic carbocycles. The smallest absolute Gasteiger partial charge is 0.467 e. The summed E-state index contributed by atoms with van der Waals surface area (Å²) in [6, 6.07) is 9.77. The molecular weight excluding hydrogens is 395 g/mol. The molecule has 0 aliphatic heterocycles. The Labute approximate surface area is 186 Å². The van der Waals surface area contributed by atoms with Gasteiger partial charge in [-0.05, 0) is 40.2 Å². The first-order chi connectivity index (χ1) is 14.4. The van der Waals surface area contributed by atoms with E-state index >= 15 is 0 Å². The van der Waals surface area contributed by atoms with Crippen molar-refractivity contribution in [1.82, 2.24) is 0 Å². The molecule has 0 radical (unpaired) electrons. The zero-order valence-corrected chi connectivity index (χ0v) is 19.9. The topological polar surface area (TPSA) is 77.4 Å². The van der Waals surface area contributed by atoms with Crippen molar-refractivity contribution in [1.29, 1.82) is 0 Å². The molecule has 0 atom stereocenters. The SMILES string of the molecule is COCOc1ccc(C(C)(C)C)cc1-c1cc(C(C)(C)C)cc(B(O)O)c1OCOC. The van der Waals surface area contributed by atoms with Crippen LogP contribution in [0.2, 0.25) is 0 Å². The summed E-state index contributed by atoms with van der Waals surface area (Å²) in [5.41, 5.74) is 3.48. The quantitative estimate of drug-likeness (QED) is 0.493. The summed E-state index contributed by atoms with van der Waals surface area (Å²) in [5, 5.41) is 20.3. The van der Waals surface area contributed by atoms with Gasteiger partial charge in [0.05, 0.1) is 0 Å². The molecule has 0 aliphatic rings. The number of methoxy groups -OCH3 is 2. The van der Waals surface area contributed by atoms with Crippen molar-refractivity contribution in [2.45, 2.75) is 52.4 Å². The van der Waals surface area contributed by atoms with Crippen LogP contribution in [-0.4, -0.2) is 45.0 Å². The van der Waals surface area contributed by atoms with Crippen LogP contribution in [0.1, 0.15) is 52.7 Å². The second kappa shape index (κ2) is 10.0. The van der Waals surface area contributed by atoms with Crippen molar-refractivity contribution in [2.75, 3.05) is 27.8 Å². The van der Waals surface area contributed by atoms with E-state index in [0.717, 1.165) is 16.7 Å². The van der Waals surface area contributed by atoms with Crippen molar-refractivity contribution in [3.05, 3.63) is 41.5 Å². The van der Waals surface area contributed by atoms with E-state index in [1.54, 1.807) is 13.2 Å². The highest BCUT2D eigenvalue weighted by Crippen LogP contribution is 2.41. The van der Waals surface area contributed by atoms with Gasteiger partial charge in [-0.15, -0.1) is 0 Å². The monoisotopic (exact) mass is 430 g/mol. The fourth-order valence-corrected chi connectivity index (χ4v) is 3.21. The summed E-state index contributed by atoms with van der Waals surface area (Å²) in [6.45, 7) is 12.7. The van der Waals surface area contributed by atoms with Gasteiger partial charge >= 0.3 is 7.12 Å². The third-order valence-electron chi connectivity index (χ3n) is 5.05. The van der Waals surface area contributed by atoms with Gasteiger partial charge in [-0.2, -0.15) is 0 Å². The van der Waals surface area contributed by atoms with Crippen molar-refractivity contribution in [3.8, 4) is 22.6 Å². The van der Waals surface area contributed by atoms with Gasteiger partial charge in [0.25, 0.3) is 0 Å². The van der Waals surface area contributed by atoms with Crippen LogP contribution >= 0.6 is 0 Å². The molecule has 6 nitrogen and oxygen atoms in total. The lowest BCUT2D eigenvalue weighted by Gasteiger charge is -2.26. The summed E-state index contributed by atoms with van der Waals surface area (Å²) in [5.74, 6) is 0.958. The van der Waals surface area contributed by atoms with E-state index in [2.05, 4.69) is 47.6 Å². The minimum atomic E-state index is -1.71. The van der Waals surface area contributed by atoms with Gasteiger partial charge in [0.1, 0.15) is 11.5 Å². The standard InChI is InChI=1S/C24H35BO6/c1-23(2,3)16-9-10-21(30-14-28-7)18(11-16)19-12-17(24(4,5)6)13-20(25(26)27)22(19)31-15-29-8/h9-13,26-27H,14-15H2,1-8H3. The van der Waals surface area contributed by atoms with Gasteiger partial charge in [0.2, 0.25) is 0 Å². The molecule has 2 N–H and O–H groups in total. The van der Waals surface area contributed by atoms with Gasteiger partial charge in [-0.3, -0.25) is 0 Å². The first-order valence-electron chi connectivity index (χ1n) is 10.3. The van der Waals surface area contributed by atoms with Gasteiger partial charge in [-0.1, -0.05) is 53.7 Å². The summed E-state index contributed by atoms with van der Waals surface area (Å²) >= 11 is 0. The fraction of sp³-hybridized carbons (Fsp3) is 0.500. The average molecular weight is 430 g/mol. The van der Waals surface area contributed by atoms with Crippen LogP contribution in [0.25, 0.3) is 11.1 Å². The van der Waals surface area contributed by atoms with E-state index in [0.29, 0.717) is 17.1 Å². The lowest BCUT2D eigenvalue weighted by Crippen LogP contribution is -2.33. The van der Waals surface area contributed by atoms with Gasteiger partial charge < -0.3 is 29.0 Å². The number of hydrogen-bond acceptors (Lipinski definition) is 6. The zero-order valence-electron chi connectivity index (χ0n) is 19.9. The third kappa shape index (κ3) is 6.23. The maximum Gasteiger partial charge on any atom is 0.492 e. The lowest BCUT2D eigenvalue weighted by atomic mass is 9.73. The summed E-state index contributed by atoms with van der Waals surface area (Å²) < 4.78 is 21.9. The molecule has 0 bridgehead atoms. The summed E-state index contributed by atoms with van der Waals surface area (Å²) in [6.07, 6.45) is 0. The third-order valence-corrected chi connectivity index (χ3v) is 5.05. The van der Waals surface area contributed by atoms with Crippen LogP contribution in [-0.2, 0) is 20.3 Å². The summed E-state index contributed by atoms with van der Waals surface area (Å²) in [4.78, 5) is 0. The molecule has 2 aromatic rings. The Morgan fingerprint density at radius 1 is 0.742 bits per heavy atom. The summed E-state index contributed by atoms with van der Waals surface area (Å²) in [7, 11) is 1.38. The molecule has 0 saturated heterocycles. The predicted octanol–water partition coefficient (Wildman–Crippen LogP) is 3.59. The van der Waals surface area contributed by atoms with Crippen LogP contribution in [0.3, 0.4) is 0 Å². The average Bonchev–Trinajstić information content (AvgIpc) is 2.68. The van der Waals surface area contributed by atoms with Crippen LogP contribution in [0.4, 0.5) is 0 Å². The number of benzene rings is 2. The highest BCUT2D eigenvalue weighted by atomic mass is 16.7. The molecule has 2 rings (SSSR count). The Kier molecular flexibility index (Phi) is 8.17. The van der Waals surface area contributed by atoms with Crippen LogP contribution < -0.4 is 14.9 Å². The predicted molar refractivity (Wildman–Crippen MR) is 124 cm³/mol. The van der Waals surface area contributed by atoms with E-state index in [-0.39, 0.29) is 29.9 Å². The van der Waals surface area contributed by atoms with Crippen LogP contribution in [0.15, 0.2) is 30.3 Å². The highest BCUT2D eigenvalue weighted by Gasteiger charge is 2.28. The van der Waals surface area contributed by atoms with Gasteiger partial charge in [0, 0.05) is 30.8 Å². The molecule has 0 amide bonds. The number of hydrogen-bond donors (Lipinski definition) is 2. The minimum absolute atomic E-state index is 0.0329. The molecule has 170 valence electrons. The lowest BCUT2D eigenvalue weighted by molar-refractivity contribution is 0.0503. The molecule has 0 unspecified atom stereocenters. The molecule has 0 saturated carbocycles. The van der Waals surface area contributed by atoms with E-state index < -0.39 is 7.12 Å². The molecular formula is C24H35BO6. The van der Waals surface area contributed by atoms with Crippen molar-refractivity contribution in [2.24, 2.45) is 0 Å². The van der Waals surface area contributed by atoms with E-state index in [1.165, 1.54) is 7.11 Å². The fourth-order valence-electron chi connectivity index (χ4n) is 3.21. The second-order valence-corrected chi connectivity index (χ2v) is 9.63. The van der Waals surface area contributed by atoms with Gasteiger partial charge in [-0.25, -0.2) is 0 Å². The maximum absolute atomic E-state index is 10.1. The van der Waals surface area contributed by atoms with E-state index in [4.69, 9.17) is 18.9 Å². The Morgan fingerprint density at radius 3 is 1.81 bits per heavy atom. The Balaban J connectivity index is 2.89. The highest BCUT2D eigenvalue weighted by molar-refractivity contribution is 6.60. The first kappa shape index (κ1) is 25.2. The Bertz CT molecular complexity index is 881. The molecule has 0 heterocycles. The number of ether oxygens (including phenoxy) is 4. The molecule has 0 spiro atoms. The Morgan fingerprint density at radius 2 is 1.29 bits per heavy atom. The largest absolute Gasteiger partial charge is 0.492 e. The molecule has 0 aliphatic carbocycles. The molecule has 31 heavy (non-hydrogen) atoms.